The Bertz CT molecular complexity index is 1100. The van der Waals surface area contributed by atoms with Crippen LogP contribution in [0.15, 0.2) is 67.3 Å². The molecule has 1 saturated carbocycles. The maximum absolute atomic E-state index is 13.9. The number of benzene rings is 2. The van der Waals surface area contributed by atoms with Crippen LogP contribution in [0.2, 0.25) is 0 Å². The first-order chi connectivity index (χ1) is 19.9. The Morgan fingerprint density at radius 3 is 2.63 bits per heavy atom. The number of unbranched alkanes of at least 4 members (excludes halogenated alkanes) is 2. The molecule has 1 amide bonds. The molecule has 4 rings (SSSR count). The van der Waals surface area contributed by atoms with Crippen LogP contribution in [0, 0.1) is 11.8 Å². The van der Waals surface area contributed by atoms with Gasteiger partial charge in [-0.15, -0.1) is 6.58 Å². The fourth-order valence-corrected chi connectivity index (χ4v) is 7.42. The molecule has 1 unspecified atom stereocenters. The van der Waals surface area contributed by atoms with Crippen LogP contribution in [0.4, 0.5) is 0 Å². The van der Waals surface area contributed by atoms with Crippen LogP contribution >= 0.6 is 0 Å². The number of piperidine rings is 1. The molecule has 0 bridgehead atoms. The summed E-state index contributed by atoms with van der Waals surface area (Å²) in [5.74, 6) is 1.96. The van der Waals surface area contributed by atoms with Gasteiger partial charge in [0.15, 0.2) is 0 Å². The Morgan fingerprint density at radius 2 is 1.93 bits per heavy atom. The van der Waals surface area contributed by atoms with Crippen LogP contribution in [0.5, 0.6) is 5.75 Å². The molecule has 1 aliphatic heterocycles. The lowest BCUT2D eigenvalue weighted by Gasteiger charge is -2.57. The highest BCUT2D eigenvalue weighted by Gasteiger charge is 2.53. The van der Waals surface area contributed by atoms with Crippen LogP contribution in [0.3, 0.4) is 0 Å². The van der Waals surface area contributed by atoms with Crippen LogP contribution in [-0.2, 0) is 21.4 Å². The first kappa shape index (κ1) is 31.3. The SMILES string of the molecule is C=CCN1CC[C@@]2(c3cccc(OC)c3)C[C@@H](N(CC(C)C)C(=O)CCCCCc3ccccc3)CC(OC)[C@@H]2C1. The number of amides is 1. The highest BCUT2D eigenvalue weighted by Crippen LogP contribution is 2.51. The summed E-state index contributed by atoms with van der Waals surface area (Å²) in [6.45, 7) is 12.1. The maximum Gasteiger partial charge on any atom is 0.222 e. The molecule has 0 aromatic heterocycles. The molecule has 4 atom stereocenters. The number of carbonyl (C=O) groups is 1. The zero-order valence-electron chi connectivity index (χ0n) is 25.9. The highest BCUT2D eigenvalue weighted by molar-refractivity contribution is 5.76. The first-order valence-corrected chi connectivity index (χ1v) is 15.7. The van der Waals surface area contributed by atoms with E-state index in [0.29, 0.717) is 24.2 Å². The van der Waals surface area contributed by atoms with Crippen LogP contribution in [0.1, 0.15) is 69.9 Å². The van der Waals surface area contributed by atoms with Crippen molar-refractivity contribution in [1.82, 2.24) is 9.80 Å². The monoisotopic (exact) mass is 560 g/mol. The highest BCUT2D eigenvalue weighted by atomic mass is 16.5. The van der Waals surface area contributed by atoms with Gasteiger partial charge in [0.25, 0.3) is 0 Å². The molecule has 41 heavy (non-hydrogen) atoms. The van der Waals surface area contributed by atoms with Gasteiger partial charge in [0.1, 0.15) is 5.75 Å². The third-order valence-electron chi connectivity index (χ3n) is 9.45. The van der Waals surface area contributed by atoms with Gasteiger partial charge in [-0.2, -0.15) is 0 Å². The Labute approximate surface area is 248 Å². The number of carbonyl (C=O) groups excluding carboxylic acids is 1. The van der Waals surface area contributed by atoms with E-state index in [0.717, 1.165) is 76.9 Å². The van der Waals surface area contributed by atoms with E-state index in [1.807, 2.05) is 19.3 Å². The van der Waals surface area contributed by atoms with Crippen molar-refractivity contribution in [1.29, 1.82) is 0 Å². The largest absolute Gasteiger partial charge is 0.497 e. The fourth-order valence-electron chi connectivity index (χ4n) is 7.42. The molecular formula is C36H52N2O3. The third kappa shape index (κ3) is 7.81. The van der Waals surface area contributed by atoms with Crippen molar-refractivity contribution in [2.75, 3.05) is 40.4 Å². The molecule has 1 heterocycles. The van der Waals surface area contributed by atoms with Gasteiger partial charge in [-0.05, 0) is 74.2 Å². The summed E-state index contributed by atoms with van der Waals surface area (Å²) in [4.78, 5) is 18.6. The molecule has 1 saturated heterocycles. The van der Waals surface area contributed by atoms with Crippen molar-refractivity contribution in [3.63, 3.8) is 0 Å². The van der Waals surface area contributed by atoms with Gasteiger partial charge in [0.05, 0.1) is 13.2 Å². The number of methoxy groups -OCH3 is 2. The molecule has 5 heteroatoms. The lowest BCUT2D eigenvalue weighted by Crippen LogP contribution is -2.62. The maximum atomic E-state index is 13.9. The Kier molecular flexibility index (Phi) is 11.5. The van der Waals surface area contributed by atoms with E-state index >= 15 is 0 Å². The molecule has 1 aliphatic carbocycles. The second-order valence-electron chi connectivity index (χ2n) is 12.6. The predicted molar refractivity (Wildman–Crippen MR) is 168 cm³/mol. The summed E-state index contributed by atoms with van der Waals surface area (Å²) in [5, 5.41) is 0. The minimum absolute atomic E-state index is 0.0685. The number of nitrogens with zero attached hydrogens (tertiary/aromatic N) is 2. The van der Waals surface area contributed by atoms with Crippen molar-refractivity contribution in [2.24, 2.45) is 11.8 Å². The van der Waals surface area contributed by atoms with Gasteiger partial charge in [-0.3, -0.25) is 9.69 Å². The zero-order chi connectivity index (χ0) is 29.2. The van der Waals surface area contributed by atoms with Crippen molar-refractivity contribution >= 4 is 5.91 Å². The summed E-state index contributed by atoms with van der Waals surface area (Å²) < 4.78 is 12.0. The molecule has 0 radical (unpaired) electrons. The van der Waals surface area contributed by atoms with E-state index in [1.54, 1.807) is 7.11 Å². The van der Waals surface area contributed by atoms with Crippen molar-refractivity contribution in [3.05, 3.63) is 78.4 Å². The number of aryl methyl sites for hydroxylation is 1. The van der Waals surface area contributed by atoms with Crippen LogP contribution in [0.25, 0.3) is 0 Å². The molecule has 0 spiro atoms. The van der Waals surface area contributed by atoms with Gasteiger partial charge < -0.3 is 14.4 Å². The van der Waals surface area contributed by atoms with E-state index < -0.39 is 0 Å². The normalized spacial score (nSPS) is 24.6. The molecule has 2 aliphatic rings. The lowest BCUT2D eigenvalue weighted by atomic mass is 9.56. The second kappa shape index (κ2) is 15.0. The topological polar surface area (TPSA) is 42.0 Å². The summed E-state index contributed by atoms with van der Waals surface area (Å²) >= 11 is 0. The predicted octanol–water partition coefficient (Wildman–Crippen LogP) is 6.91. The quantitative estimate of drug-likeness (QED) is 0.186. The van der Waals surface area contributed by atoms with E-state index in [4.69, 9.17) is 9.47 Å². The average Bonchev–Trinajstić information content (AvgIpc) is 2.99. The Morgan fingerprint density at radius 1 is 1.12 bits per heavy atom. The van der Waals surface area contributed by atoms with E-state index in [2.05, 4.69) is 78.8 Å². The Balaban J connectivity index is 1.54. The first-order valence-electron chi connectivity index (χ1n) is 15.7. The van der Waals surface area contributed by atoms with Gasteiger partial charge in [-0.25, -0.2) is 0 Å². The van der Waals surface area contributed by atoms with E-state index in [-0.39, 0.29) is 17.6 Å². The number of hydrogen-bond acceptors (Lipinski definition) is 4. The minimum atomic E-state index is -0.0685. The summed E-state index contributed by atoms with van der Waals surface area (Å²) in [6.07, 6.45) is 9.85. The fraction of sp³-hybridized carbons (Fsp3) is 0.583. The number of fused-ring (bicyclic) bond motifs is 1. The smallest absolute Gasteiger partial charge is 0.222 e. The van der Waals surface area contributed by atoms with Gasteiger partial charge in [-0.1, -0.05) is 68.8 Å². The number of ether oxygens (including phenoxy) is 2. The minimum Gasteiger partial charge on any atom is -0.497 e. The zero-order valence-corrected chi connectivity index (χ0v) is 25.9. The third-order valence-corrected chi connectivity index (χ3v) is 9.45. The number of rotatable bonds is 14. The standard InChI is InChI=1S/C36H52N2O3/c1-6-21-37-22-20-36(30-17-13-18-32(23-30)40-4)25-31(24-34(41-5)33(36)27-37)38(26-28(2)3)35(39)19-12-8-11-16-29-14-9-7-10-15-29/h6-7,9-10,13-15,17-18,23,28,31,33-34H,1,8,11-12,16,19-22,24-27H2,2-5H3/t31-,33-,34?,36-/m0/s1. The summed E-state index contributed by atoms with van der Waals surface area (Å²) in [7, 11) is 3.60. The lowest BCUT2D eigenvalue weighted by molar-refractivity contribution is -0.140. The molecular weight excluding hydrogens is 508 g/mol. The average molecular weight is 561 g/mol. The molecule has 2 fully saturated rings. The summed E-state index contributed by atoms with van der Waals surface area (Å²) in [5.41, 5.74) is 2.63. The van der Waals surface area contributed by atoms with Gasteiger partial charge in [0.2, 0.25) is 5.91 Å². The molecule has 5 nitrogen and oxygen atoms in total. The Hall–Kier alpha value is -2.63. The summed E-state index contributed by atoms with van der Waals surface area (Å²) in [6, 6.07) is 19.5. The number of hydrogen-bond donors (Lipinski definition) is 0. The van der Waals surface area contributed by atoms with Crippen molar-refractivity contribution in [2.45, 2.75) is 82.8 Å². The van der Waals surface area contributed by atoms with Crippen LogP contribution in [-0.4, -0.2) is 68.3 Å². The van der Waals surface area contributed by atoms with Gasteiger partial charge in [0, 0.05) is 50.5 Å². The van der Waals surface area contributed by atoms with E-state index in [9.17, 15) is 4.79 Å². The van der Waals surface area contributed by atoms with Crippen LogP contribution < -0.4 is 4.74 Å². The molecule has 0 N–H and O–H groups in total. The molecule has 2 aromatic carbocycles. The second-order valence-corrected chi connectivity index (χ2v) is 12.6. The van der Waals surface area contributed by atoms with Crippen molar-refractivity contribution in [3.8, 4) is 5.75 Å². The van der Waals surface area contributed by atoms with Crippen molar-refractivity contribution < 1.29 is 14.3 Å². The van der Waals surface area contributed by atoms with Gasteiger partial charge >= 0.3 is 0 Å². The molecule has 2 aromatic rings. The number of likely N-dealkylation sites (tertiary alicyclic amines) is 1. The van der Waals surface area contributed by atoms with E-state index in [1.165, 1.54) is 11.1 Å². The molecule has 224 valence electrons.